The Balaban J connectivity index is 1.76. The minimum atomic E-state index is -3.70. The fourth-order valence-electron chi connectivity index (χ4n) is 2.92. The number of carbonyl (C=O) groups is 1. The molecule has 0 unspecified atom stereocenters. The molecule has 1 saturated heterocycles. The second kappa shape index (κ2) is 6.74. The van der Waals surface area contributed by atoms with E-state index in [0.717, 1.165) is 0 Å². The Morgan fingerprint density at radius 3 is 2.37 bits per heavy atom. The highest BCUT2D eigenvalue weighted by Crippen LogP contribution is 2.24. The number of aromatic nitrogens is 4. The van der Waals surface area contributed by atoms with Gasteiger partial charge in [-0.25, -0.2) is 8.42 Å². The molecule has 0 aromatic carbocycles. The smallest absolute Gasteiger partial charge is 0.322 e. The Kier molecular flexibility index (Phi) is 4.73. The predicted molar refractivity (Wildman–Crippen MR) is 92.5 cm³/mol. The number of amides is 1. The minimum absolute atomic E-state index is 0.0840. The quantitative estimate of drug-likeness (QED) is 0.502. The lowest BCUT2D eigenvalue weighted by Crippen LogP contribution is -2.50. The summed E-state index contributed by atoms with van der Waals surface area (Å²) in [6.45, 7) is 1.92. The summed E-state index contributed by atoms with van der Waals surface area (Å²) in [5, 5.41) is 19.1. The first kappa shape index (κ1) is 19.0. The van der Waals surface area contributed by atoms with Gasteiger partial charge in [-0.2, -0.15) is 14.5 Å². The monoisotopic (exact) mass is 397 g/mol. The molecule has 13 heteroatoms. The van der Waals surface area contributed by atoms with Gasteiger partial charge in [-0.1, -0.05) is 0 Å². The van der Waals surface area contributed by atoms with Crippen molar-refractivity contribution in [2.24, 2.45) is 14.1 Å². The van der Waals surface area contributed by atoms with E-state index in [9.17, 15) is 23.3 Å². The van der Waals surface area contributed by atoms with Gasteiger partial charge in [0.25, 0.3) is 5.91 Å². The van der Waals surface area contributed by atoms with E-state index in [1.54, 1.807) is 7.05 Å². The van der Waals surface area contributed by atoms with E-state index in [-0.39, 0.29) is 48.1 Å². The normalized spacial score (nSPS) is 15.9. The van der Waals surface area contributed by atoms with Crippen LogP contribution in [0.25, 0.3) is 0 Å². The molecule has 0 saturated carbocycles. The number of piperazine rings is 1. The number of nitrogens with zero attached hydrogens (tertiary/aromatic N) is 7. The zero-order valence-corrected chi connectivity index (χ0v) is 15.9. The van der Waals surface area contributed by atoms with E-state index < -0.39 is 20.9 Å². The van der Waals surface area contributed by atoms with Crippen molar-refractivity contribution in [2.75, 3.05) is 26.2 Å². The van der Waals surface area contributed by atoms with Crippen LogP contribution < -0.4 is 0 Å². The summed E-state index contributed by atoms with van der Waals surface area (Å²) in [5.41, 5.74) is -0.280. The first-order valence-electron chi connectivity index (χ1n) is 8.09. The van der Waals surface area contributed by atoms with E-state index in [1.165, 1.54) is 44.9 Å². The van der Waals surface area contributed by atoms with Crippen LogP contribution in [0, 0.1) is 17.0 Å². The summed E-state index contributed by atoms with van der Waals surface area (Å²) in [6, 6.07) is 0. The number of sulfonamides is 1. The highest BCUT2D eigenvalue weighted by Gasteiger charge is 2.35. The standard InChI is InChI=1S/C14H19N7O5S/c1-10-13(21(23)24)12(16-18(10)3)14(22)19-4-6-20(7-5-19)27(25,26)11-8-15-17(2)9-11/h8-9H,4-7H2,1-3H3. The topological polar surface area (TPSA) is 136 Å². The third kappa shape index (κ3) is 3.30. The molecule has 3 rings (SSSR count). The van der Waals surface area contributed by atoms with Crippen molar-refractivity contribution in [2.45, 2.75) is 11.8 Å². The maximum atomic E-state index is 12.7. The maximum absolute atomic E-state index is 12.7. The fourth-order valence-corrected chi connectivity index (χ4v) is 4.33. The molecule has 1 amide bonds. The van der Waals surface area contributed by atoms with Gasteiger partial charge in [0, 0.05) is 46.5 Å². The molecule has 12 nitrogen and oxygen atoms in total. The molecule has 0 spiro atoms. The molecule has 1 fully saturated rings. The van der Waals surface area contributed by atoms with Gasteiger partial charge >= 0.3 is 5.69 Å². The fraction of sp³-hybridized carbons (Fsp3) is 0.500. The molecular formula is C14H19N7O5S. The lowest BCUT2D eigenvalue weighted by Gasteiger charge is -2.33. The van der Waals surface area contributed by atoms with E-state index in [2.05, 4.69) is 10.2 Å². The van der Waals surface area contributed by atoms with Crippen molar-refractivity contribution < 1.29 is 18.1 Å². The van der Waals surface area contributed by atoms with Crippen molar-refractivity contribution >= 4 is 21.6 Å². The Hall–Kier alpha value is -2.80. The van der Waals surface area contributed by atoms with E-state index >= 15 is 0 Å². The van der Waals surface area contributed by atoms with Gasteiger partial charge in [-0.05, 0) is 6.92 Å². The third-order valence-corrected chi connectivity index (χ3v) is 6.38. The molecule has 0 radical (unpaired) electrons. The molecule has 2 aromatic rings. The van der Waals surface area contributed by atoms with Crippen LogP contribution >= 0.6 is 0 Å². The van der Waals surface area contributed by atoms with Crippen LogP contribution in [-0.2, 0) is 24.1 Å². The molecule has 0 aliphatic carbocycles. The maximum Gasteiger partial charge on any atom is 0.322 e. The highest BCUT2D eigenvalue weighted by molar-refractivity contribution is 7.89. The van der Waals surface area contributed by atoms with Gasteiger partial charge in [0.2, 0.25) is 15.7 Å². The second-order valence-corrected chi connectivity index (χ2v) is 8.15. The average molecular weight is 397 g/mol. The van der Waals surface area contributed by atoms with E-state index in [4.69, 9.17) is 0 Å². The molecule has 0 bridgehead atoms. The average Bonchev–Trinajstić information content (AvgIpc) is 3.19. The Morgan fingerprint density at radius 1 is 1.22 bits per heavy atom. The van der Waals surface area contributed by atoms with E-state index in [0.29, 0.717) is 0 Å². The number of carbonyl (C=O) groups excluding carboxylic acids is 1. The predicted octanol–water partition coefficient (Wildman–Crippen LogP) is -0.483. The van der Waals surface area contributed by atoms with Gasteiger partial charge in [0.1, 0.15) is 10.6 Å². The van der Waals surface area contributed by atoms with Crippen LogP contribution in [0.4, 0.5) is 5.69 Å². The largest absolute Gasteiger partial charge is 0.334 e. The Morgan fingerprint density at radius 2 is 1.85 bits per heavy atom. The Labute approximate surface area is 155 Å². The summed E-state index contributed by atoms with van der Waals surface area (Å²) in [7, 11) is -0.547. The number of hydrogen-bond acceptors (Lipinski definition) is 7. The molecule has 0 atom stereocenters. The lowest BCUT2D eigenvalue weighted by molar-refractivity contribution is -0.385. The van der Waals surface area contributed by atoms with Crippen molar-refractivity contribution in [1.29, 1.82) is 0 Å². The summed E-state index contributed by atoms with van der Waals surface area (Å²) < 4.78 is 29.2. The van der Waals surface area contributed by atoms with Gasteiger partial charge in [-0.3, -0.25) is 24.3 Å². The minimum Gasteiger partial charge on any atom is -0.334 e. The zero-order valence-electron chi connectivity index (χ0n) is 15.1. The molecule has 2 aromatic heterocycles. The number of rotatable bonds is 4. The summed E-state index contributed by atoms with van der Waals surface area (Å²) in [6.07, 6.45) is 2.68. The number of aryl methyl sites for hydroxylation is 2. The summed E-state index contributed by atoms with van der Waals surface area (Å²) in [4.78, 5) is 24.8. The van der Waals surface area contributed by atoms with Crippen LogP contribution in [0.1, 0.15) is 16.2 Å². The van der Waals surface area contributed by atoms with Crippen LogP contribution in [0.2, 0.25) is 0 Å². The summed E-state index contributed by atoms with van der Waals surface area (Å²) in [5.74, 6) is -0.580. The van der Waals surface area contributed by atoms with Crippen molar-refractivity contribution in [3.05, 3.63) is 33.9 Å². The highest BCUT2D eigenvalue weighted by atomic mass is 32.2. The third-order valence-electron chi connectivity index (χ3n) is 4.53. The molecule has 0 N–H and O–H groups in total. The molecule has 3 heterocycles. The van der Waals surface area contributed by atoms with Crippen LogP contribution in [0.5, 0.6) is 0 Å². The van der Waals surface area contributed by atoms with Gasteiger partial charge in [0.05, 0.1) is 11.1 Å². The number of nitro groups is 1. The van der Waals surface area contributed by atoms with E-state index in [1.807, 2.05) is 0 Å². The molecule has 27 heavy (non-hydrogen) atoms. The summed E-state index contributed by atoms with van der Waals surface area (Å²) >= 11 is 0. The van der Waals surface area contributed by atoms with Gasteiger partial charge in [-0.15, -0.1) is 0 Å². The van der Waals surface area contributed by atoms with Crippen molar-refractivity contribution in [1.82, 2.24) is 28.8 Å². The first-order valence-corrected chi connectivity index (χ1v) is 9.53. The lowest BCUT2D eigenvalue weighted by atomic mass is 10.2. The van der Waals surface area contributed by atoms with Crippen molar-refractivity contribution in [3.8, 4) is 0 Å². The molecular weight excluding hydrogens is 378 g/mol. The van der Waals surface area contributed by atoms with Crippen LogP contribution in [0.15, 0.2) is 17.3 Å². The van der Waals surface area contributed by atoms with Gasteiger partial charge in [0.15, 0.2) is 0 Å². The zero-order chi connectivity index (χ0) is 19.9. The Bertz CT molecular complexity index is 1000. The molecule has 1 aliphatic heterocycles. The number of hydrogen-bond donors (Lipinski definition) is 0. The second-order valence-electron chi connectivity index (χ2n) is 6.21. The van der Waals surface area contributed by atoms with Gasteiger partial charge < -0.3 is 4.90 Å². The molecule has 1 aliphatic rings. The van der Waals surface area contributed by atoms with Crippen molar-refractivity contribution in [3.63, 3.8) is 0 Å². The van der Waals surface area contributed by atoms with Crippen LogP contribution in [0.3, 0.4) is 0 Å². The molecule has 146 valence electrons. The van der Waals surface area contributed by atoms with Crippen LogP contribution in [-0.4, -0.2) is 74.2 Å². The SMILES string of the molecule is Cc1c([N+](=O)[O-])c(C(=O)N2CCN(S(=O)(=O)c3cnn(C)c3)CC2)nn1C. The first-order chi connectivity index (χ1) is 12.6.